The van der Waals surface area contributed by atoms with Crippen LogP contribution in [-0.2, 0) is 14.3 Å². The Morgan fingerprint density at radius 1 is 1.14 bits per heavy atom. The van der Waals surface area contributed by atoms with E-state index in [0.29, 0.717) is 44.2 Å². The van der Waals surface area contributed by atoms with Crippen molar-refractivity contribution in [2.24, 2.45) is 5.92 Å². The van der Waals surface area contributed by atoms with Crippen LogP contribution in [0.4, 0.5) is 21.5 Å². The van der Waals surface area contributed by atoms with E-state index in [-0.39, 0.29) is 24.1 Å². The van der Waals surface area contributed by atoms with Crippen molar-refractivity contribution in [3.63, 3.8) is 0 Å². The lowest BCUT2D eigenvalue weighted by Gasteiger charge is -2.29. The van der Waals surface area contributed by atoms with Crippen LogP contribution in [0.3, 0.4) is 0 Å². The number of amides is 2. The predicted octanol–water partition coefficient (Wildman–Crippen LogP) is 3.42. The number of anilines is 3. The van der Waals surface area contributed by atoms with Crippen LogP contribution in [0.15, 0.2) is 46.9 Å². The van der Waals surface area contributed by atoms with Gasteiger partial charge in [0, 0.05) is 36.2 Å². The minimum atomic E-state index is -0.489. The molecule has 2 saturated heterocycles. The van der Waals surface area contributed by atoms with Crippen LogP contribution in [0.5, 0.6) is 0 Å². The Morgan fingerprint density at radius 3 is 2.62 bits per heavy atom. The van der Waals surface area contributed by atoms with Crippen LogP contribution in [0, 0.1) is 11.7 Å². The van der Waals surface area contributed by atoms with Gasteiger partial charge in [-0.05, 0) is 46.3 Å². The lowest BCUT2D eigenvalue weighted by atomic mass is 10.1. The highest BCUT2D eigenvalue weighted by molar-refractivity contribution is 9.10. The Hall–Kier alpha value is -2.45. The van der Waals surface area contributed by atoms with Gasteiger partial charge in [-0.1, -0.05) is 12.1 Å². The van der Waals surface area contributed by atoms with Crippen molar-refractivity contribution in [1.29, 1.82) is 0 Å². The lowest BCUT2D eigenvalue weighted by molar-refractivity contribution is -0.122. The number of hydrogen-bond donors (Lipinski definition) is 1. The summed E-state index contributed by atoms with van der Waals surface area (Å²) >= 11 is 3.44. The van der Waals surface area contributed by atoms with Crippen LogP contribution in [0.1, 0.15) is 6.42 Å². The number of morpholine rings is 1. The van der Waals surface area contributed by atoms with Gasteiger partial charge in [-0.15, -0.1) is 0 Å². The van der Waals surface area contributed by atoms with E-state index in [1.165, 1.54) is 6.07 Å². The minimum Gasteiger partial charge on any atom is -0.378 e. The minimum absolute atomic E-state index is 0.106. The molecule has 8 heteroatoms. The van der Waals surface area contributed by atoms with Crippen LogP contribution < -0.4 is 15.1 Å². The summed E-state index contributed by atoms with van der Waals surface area (Å²) in [6.45, 7) is 2.71. The molecule has 2 aliphatic heterocycles. The third-order valence-corrected chi connectivity index (χ3v) is 5.88. The highest BCUT2D eigenvalue weighted by Gasteiger charge is 2.35. The van der Waals surface area contributed by atoms with E-state index in [2.05, 4.69) is 21.2 Å². The molecule has 0 aliphatic carbocycles. The second-order valence-corrected chi connectivity index (χ2v) is 7.97. The zero-order valence-corrected chi connectivity index (χ0v) is 17.3. The average Bonchev–Trinajstić information content (AvgIpc) is 3.11. The van der Waals surface area contributed by atoms with Gasteiger partial charge in [0.1, 0.15) is 5.82 Å². The van der Waals surface area contributed by atoms with Gasteiger partial charge in [0.05, 0.1) is 30.5 Å². The molecule has 2 aromatic rings. The first-order valence-electron chi connectivity index (χ1n) is 9.51. The number of ether oxygens (including phenoxy) is 1. The molecular weight excluding hydrogens is 441 g/mol. The van der Waals surface area contributed by atoms with Gasteiger partial charge < -0.3 is 19.9 Å². The third-order valence-electron chi connectivity index (χ3n) is 5.21. The van der Waals surface area contributed by atoms with Crippen molar-refractivity contribution in [3.05, 3.63) is 52.8 Å². The molecule has 0 radical (unpaired) electrons. The summed E-state index contributed by atoms with van der Waals surface area (Å²) in [6.07, 6.45) is 0.126. The van der Waals surface area contributed by atoms with Crippen molar-refractivity contribution in [1.82, 2.24) is 0 Å². The highest BCUT2D eigenvalue weighted by atomic mass is 79.9. The zero-order valence-electron chi connectivity index (χ0n) is 15.7. The molecule has 0 bridgehead atoms. The second kappa shape index (κ2) is 8.51. The summed E-state index contributed by atoms with van der Waals surface area (Å²) in [7, 11) is 0. The summed E-state index contributed by atoms with van der Waals surface area (Å²) in [5, 5.41) is 2.75. The number of nitrogens with one attached hydrogen (secondary N) is 1. The van der Waals surface area contributed by atoms with E-state index in [0.717, 1.165) is 10.2 Å². The molecule has 29 heavy (non-hydrogen) atoms. The molecule has 2 amide bonds. The lowest BCUT2D eigenvalue weighted by Crippen LogP contribution is -2.36. The summed E-state index contributed by atoms with van der Waals surface area (Å²) in [5.74, 6) is -1.27. The molecule has 152 valence electrons. The molecular formula is C21H21BrFN3O3. The van der Waals surface area contributed by atoms with Crippen LogP contribution in [-0.4, -0.2) is 44.7 Å². The number of benzene rings is 2. The molecule has 6 nitrogen and oxygen atoms in total. The molecule has 0 saturated carbocycles. The summed E-state index contributed by atoms with van der Waals surface area (Å²) in [5.41, 5.74) is 1.63. The topological polar surface area (TPSA) is 61.9 Å². The normalized spacial score (nSPS) is 19.5. The number of carbonyl (C=O) groups excluding carboxylic acids is 2. The van der Waals surface area contributed by atoms with E-state index in [1.807, 2.05) is 29.2 Å². The molecule has 2 heterocycles. The maximum absolute atomic E-state index is 14.6. The number of rotatable bonds is 4. The van der Waals surface area contributed by atoms with E-state index in [4.69, 9.17) is 4.74 Å². The van der Waals surface area contributed by atoms with Gasteiger partial charge in [0.2, 0.25) is 11.8 Å². The maximum atomic E-state index is 14.6. The SMILES string of the molecule is O=C(Nc1ccc(N2CCOCC2)c(F)c1)C1CC(=O)N(c2ccccc2Br)C1. The van der Waals surface area contributed by atoms with Gasteiger partial charge in [-0.3, -0.25) is 9.59 Å². The first kappa shape index (κ1) is 19.8. The quantitative estimate of drug-likeness (QED) is 0.757. The number of halogens is 2. The van der Waals surface area contributed by atoms with E-state index in [9.17, 15) is 14.0 Å². The smallest absolute Gasteiger partial charge is 0.229 e. The Bertz CT molecular complexity index is 933. The Labute approximate surface area is 176 Å². The molecule has 0 aromatic heterocycles. The van der Waals surface area contributed by atoms with Crippen LogP contribution in [0.2, 0.25) is 0 Å². The van der Waals surface area contributed by atoms with Gasteiger partial charge in [-0.25, -0.2) is 4.39 Å². The highest BCUT2D eigenvalue weighted by Crippen LogP contribution is 2.32. The van der Waals surface area contributed by atoms with Crippen LogP contribution in [0.25, 0.3) is 0 Å². The van der Waals surface area contributed by atoms with Crippen molar-refractivity contribution >= 4 is 44.8 Å². The fourth-order valence-electron chi connectivity index (χ4n) is 3.68. The Kier molecular flexibility index (Phi) is 5.82. The number of nitrogens with zero attached hydrogens (tertiary/aromatic N) is 2. The second-order valence-electron chi connectivity index (χ2n) is 7.11. The monoisotopic (exact) mass is 461 g/mol. The predicted molar refractivity (Wildman–Crippen MR) is 113 cm³/mol. The first-order chi connectivity index (χ1) is 14.0. The molecule has 2 aromatic carbocycles. The van der Waals surface area contributed by atoms with Crippen LogP contribution >= 0.6 is 15.9 Å². The molecule has 0 spiro atoms. The molecule has 1 atom stereocenters. The number of carbonyl (C=O) groups is 2. The third kappa shape index (κ3) is 4.28. The summed E-state index contributed by atoms with van der Waals surface area (Å²) < 4.78 is 20.6. The Balaban J connectivity index is 1.42. The number of para-hydroxylation sites is 1. The van der Waals surface area contributed by atoms with Gasteiger partial charge in [-0.2, -0.15) is 0 Å². The van der Waals surface area contributed by atoms with Crippen molar-refractivity contribution < 1.29 is 18.7 Å². The van der Waals surface area contributed by atoms with Crippen molar-refractivity contribution in [3.8, 4) is 0 Å². The van der Waals surface area contributed by atoms with E-state index in [1.54, 1.807) is 17.0 Å². The van der Waals surface area contributed by atoms with Gasteiger partial charge >= 0.3 is 0 Å². The Morgan fingerprint density at radius 2 is 1.90 bits per heavy atom. The average molecular weight is 462 g/mol. The van der Waals surface area contributed by atoms with Crippen molar-refractivity contribution in [2.75, 3.05) is 48.0 Å². The molecule has 2 fully saturated rings. The number of hydrogen-bond acceptors (Lipinski definition) is 4. The fraction of sp³-hybridized carbons (Fsp3) is 0.333. The standard InChI is InChI=1S/C21H21BrFN3O3/c22-16-3-1-2-4-18(16)26-13-14(11-20(26)27)21(28)24-15-5-6-19(17(23)12-15)25-7-9-29-10-8-25/h1-6,12,14H,7-11,13H2,(H,24,28). The first-order valence-corrected chi connectivity index (χ1v) is 10.3. The fourth-order valence-corrected chi connectivity index (χ4v) is 4.18. The van der Waals surface area contributed by atoms with Gasteiger partial charge in [0.15, 0.2) is 0 Å². The summed E-state index contributed by atoms with van der Waals surface area (Å²) in [6, 6.07) is 12.1. The molecule has 4 rings (SSSR count). The molecule has 1 unspecified atom stereocenters. The maximum Gasteiger partial charge on any atom is 0.229 e. The molecule has 1 N–H and O–H groups in total. The zero-order chi connectivity index (χ0) is 20.4. The largest absolute Gasteiger partial charge is 0.378 e. The van der Waals surface area contributed by atoms with E-state index >= 15 is 0 Å². The van der Waals surface area contributed by atoms with Crippen molar-refractivity contribution in [2.45, 2.75) is 6.42 Å². The summed E-state index contributed by atoms with van der Waals surface area (Å²) in [4.78, 5) is 28.6. The van der Waals surface area contributed by atoms with E-state index < -0.39 is 5.92 Å². The van der Waals surface area contributed by atoms with Gasteiger partial charge in [0.25, 0.3) is 0 Å². The molecule has 2 aliphatic rings.